The van der Waals surface area contributed by atoms with Gasteiger partial charge in [-0.3, -0.25) is 4.79 Å². The second kappa shape index (κ2) is 6.46. The van der Waals surface area contributed by atoms with Crippen molar-refractivity contribution in [2.75, 3.05) is 25.1 Å². The van der Waals surface area contributed by atoms with Crippen LogP contribution in [0.3, 0.4) is 0 Å². The van der Waals surface area contributed by atoms with E-state index in [4.69, 9.17) is 0 Å². The number of nitrogens with zero attached hydrogens (tertiary/aromatic N) is 1. The minimum atomic E-state index is -3.00. The van der Waals surface area contributed by atoms with Crippen LogP contribution in [0.25, 0.3) is 0 Å². The summed E-state index contributed by atoms with van der Waals surface area (Å²) in [6.45, 7) is 4.47. The molecule has 1 aromatic heterocycles. The third-order valence-electron chi connectivity index (χ3n) is 3.87. The van der Waals surface area contributed by atoms with Gasteiger partial charge < -0.3 is 10.2 Å². The average Bonchev–Trinajstić information content (AvgIpc) is 2.82. The van der Waals surface area contributed by atoms with Gasteiger partial charge >= 0.3 is 0 Å². The molecule has 1 fully saturated rings. The summed E-state index contributed by atoms with van der Waals surface area (Å²) in [6, 6.07) is 3.83. The maximum absolute atomic E-state index is 12.3. The van der Waals surface area contributed by atoms with Crippen molar-refractivity contribution in [3.05, 3.63) is 21.9 Å². The van der Waals surface area contributed by atoms with Crippen LogP contribution >= 0.6 is 11.3 Å². The monoisotopic (exact) mass is 330 g/mol. The van der Waals surface area contributed by atoms with Crippen LogP contribution in [-0.2, 0) is 14.6 Å². The summed E-state index contributed by atoms with van der Waals surface area (Å²) in [7, 11) is -1.23. The van der Waals surface area contributed by atoms with Gasteiger partial charge in [0.05, 0.1) is 17.5 Å². The molecule has 1 amide bonds. The molecule has 2 rings (SSSR count). The second-order valence-electron chi connectivity index (χ2n) is 5.60. The summed E-state index contributed by atoms with van der Waals surface area (Å²) in [4.78, 5) is 16.4. The van der Waals surface area contributed by atoms with Crippen molar-refractivity contribution < 1.29 is 13.2 Å². The second-order valence-corrected chi connectivity index (χ2v) is 9.15. The zero-order chi connectivity index (χ0) is 15.6. The molecule has 2 unspecified atom stereocenters. The van der Waals surface area contributed by atoms with E-state index in [1.54, 1.807) is 23.3 Å². The van der Waals surface area contributed by atoms with E-state index in [2.05, 4.69) is 5.32 Å². The van der Waals surface area contributed by atoms with Crippen LogP contribution in [-0.4, -0.2) is 50.4 Å². The molecular formula is C14H22N2O3S2. The van der Waals surface area contributed by atoms with Gasteiger partial charge in [0.1, 0.15) is 0 Å². The van der Waals surface area contributed by atoms with Gasteiger partial charge in [0.2, 0.25) is 5.91 Å². The Bertz CT molecular complexity index is 609. The predicted octanol–water partition coefficient (Wildman–Crippen LogP) is 1.35. The molecule has 0 spiro atoms. The van der Waals surface area contributed by atoms with Crippen LogP contribution in [0.4, 0.5) is 0 Å². The first kappa shape index (κ1) is 16.5. The molecule has 118 valence electrons. The van der Waals surface area contributed by atoms with Crippen LogP contribution in [0.2, 0.25) is 0 Å². The quantitative estimate of drug-likeness (QED) is 0.905. The SMILES string of the molecule is Cc1ccc(C(C)N(C)C(=O)CC2CS(=O)(=O)CCN2)s1. The number of aryl methyl sites for hydroxylation is 1. The number of hydrogen-bond donors (Lipinski definition) is 1. The van der Waals surface area contributed by atoms with E-state index in [1.165, 1.54) is 4.88 Å². The van der Waals surface area contributed by atoms with Crippen LogP contribution in [0, 0.1) is 6.92 Å². The first-order chi connectivity index (χ1) is 9.78. The lowest BCUT2D eigenvalue weighted by Crippen LogP contribution is -2.47. The molecule has 0 aliphatic carbocycles. The molecule has 0 bridgehead atoms. The zero-order valence-electron chi connectivity index (χ0n) is 12.6. The van der Waals surface area contributed by atoms with Crippen molar-refractivity contribution in [1.82, 2.24) is 10.2 Å². The molecule has 0 saturated carbocycles. The Hall–Kier alpha value is -0.920. The third kappa shape index (κ3) is 4.28. The van der Waals surface area contributed by atoms with Crippen LogP contribution < -0.4 is 5.32 Å². The minimum Gasteiger partial charge on any atom is -0.338 e. The van der Waals surface area contributed by atoms with E-state index in [0.717, 1.165) is 4.88 Å². The molecule has 21 heavy (non-hydrogen) atoms. The molecule has 2 heterocycles. The Labute approximate surface area is 130 Å². The van der Waals surface area contributed by atoms with E-state index in [9.17, 15) is 13.2 Å². The third-order valence-corrected chi connectivity index (χ3v) is 6.78. The Morgan fingerprint density at radius 3 is 2.81 bits per heavy atom. The Morgan fingerprint density at radius 2 is 2.24 bits per heavy atom. The van der Waals surface area contributed by atoms with Gasteiger partial charge in [-0.15, -0.1) is 11.3 Å². The highest BCUT2D eigenvalue weighted by Gasteiger charge is 2.28. The number of nitrogens with one attached hydrogen (secondary N) is 1. The topological polar surface area (TPSA) is 66.5 Å². The van der Waals surface area contributed by atoms with Crippen molar-refractivity contribution in [2.45, 2.75) is 32.4 Å². The van der Waals surface area contributed by atoms with Crippen molar-refractivity contribution in [3.8, 4) is 0 Å². The fourth-order valence-corrected chi connectivity index (χ4v) is 4.85. The van der Waals surface area contributed by atoms with Gasteiger partial charge in [0.25, 0.3) is 0 Å². The van der Waals surface area contributed by atoms with Crippen LogP contribution in [0.1, 0.15) is 29.1 Å². The minimum absolute atomic E-state index is 0.0106. The molecule has 1 aromatic rings. The lowest BCUT2D eigenvalue weighted by Gasteiger charge is -2.28. The molecule has 1 aliphatic heterocycles. The van der Waals surface area contributed by atoms with Gasteiger partial charge in [-0.25, -0.2) is 8.42 Å². The highest BCUT2D eigenvalue weighted by atomic mass is 32.2. The van der Waals surface area contributed by atoms with Gasteiger partial charge in [0.15, 0.2) is 9.84 Å². The summed E-state index contributed by atoms with van der Waals surface area (Å²) in [6.07, 6.45) is 0.227. The van der Waals surface area contributed by atoms with E-state index in [0.29, 0.717) is 6.54 Å². The number of thiophene rings is 1. The Morgan fingerprint density at radius 1 is 1.52 bits per heavy atom. The fourth-order valence-electron chi connectivity index (χ4n) is 2.44. The average molecular weight is 330 g/mol. The maximum Gasteiger partial charge on any atom is 0.224 e. The normalized spacial score (nSPS) is 22.7. The van der Waals surface area contributed by atoms with E-state index in [-0.39, 0.29) is 35.9 Å². The number of carbonyl (C=O) groups excluding carboxylic acids is 1. The molecule has 0 radical (unpaired) electrons. The summed E-state index contributed by atoms with van der Waals surface area (Å²) < 4.78 is 23.2. The summed E-state index contributed by atoms with van der Waals surface area (Å²) in [5.74, 6) is 0.195. The molecule has 0 aromatic carbocycles. The molecule has 1 N–H and O–H groups in total. The summed E-state index contributed by atoms with van der Waals surface area (Å²) in [5.41, 5.74) is 0. The molecule has 2 atom stereocenters. The van der Waals surface area contributed by atoms with Gasteiger partial charge in [-0.05, 0) is 26.0 Å². The van der Waals surface area contributed by atoms with Crippen LogP contribution in [0.15, 0.2) is 12.1 Å². The largest absolute Gasteiger partial charge is 0.338 e. The number of carbonyl (C=O) groups is 1. The first-order valence-electron chi connectivity index (χ1n) is 7.04. The highest BCUT2D eigenvalue weighted by Crippen LogP contribution is 2.26. The lowest BCUT2D eigenvalue weighted by molar-refractivity contribution is -0.132. The number of rotatable bonds is 4. The van der Waals surface area contributed by atoms with Gasteiger partial charge in [0, 0.05) is 35.8 Å². The lowest BCUT2D eigenvalue weighted by atomic mass is 10.1. The first-order valence-corrected chi connectivity index (χ1v) is 9.68. The predicted molar refractivity (Wildman–Crippen MR) is 85.3 cm³/mol. The van der Waals surface area contributed by atoms with Gasteiger partial charge in [-0.1, -0.05) is 0 Å². The Balaban J connectivity index is 1.96. The number of sulfone groups is 1. The smallest absolute Gasteiger partial charge is 0.224 e. The zero-order valence-corrected chi connectivity index (χ0v) is 14.3. The maximum atomic E-state index is 12.3. The standard InChI is InChI=1S/C14H22N2O3S2/c1-10-4-5-13(20-10)11(2)16(3)14(17)8-12-9-21(18,19)7-6-15-12/h4-5,11-12,15H,6-9H2,1-3H3. The van der Waals surface area contributed by atoms with Crippen molar-refractivity contribution in [1.29, 1.82) is 0 Å². The van der Waals surface area contributed by atoms with Crippen molar-refractivity contribution in [2.24, 2.45) is 0 Å². The highest BCUT2D eigenvalue weighted by molar-refractivity contribution is 7.91. The van der Waals surface area contributed by atoms with Crippen molar-refractivity contribution >= 4 is 27.1 Å². The molecule has 1 saturated heterocycles. The van der Waals surface area contributed by atoms with Gasteiger partial charge in [-0.2, -0.15) is 0 Å². The fraction of sp³-hybridized carbons (Fsp3) is 0.643. The molecular weight excluding hydrogens is 308 g/mol. The number of amides is 1. The Kier molecular flexibility index (Phi) is 5.06. The summed E-state index contributed by atoms with van der Waals surface area (Å²) in [5, 5.41) is 3.12. The van der Waals surface area contributed by atoms with E-state index in [1.807, 2.05) is 26.0 Å². The molecule has 1 aliphatic rings. The molecule has 7 heteroatoms. The summed E-state index contributed by atoms with van der Waals surface area (Å²) >= 11 is 1.68. The van der Waals surface area contributed by atoms with Crippen molar-refractivity contribution in [3.63, 3.8) is 0 Å². The van der Waals surface area contributed by atoms with E-state index >= 15 is 0 Å². The van der Waals surface area contributed by atoms with E-state index < -0.39 is 9.84 Å². The molecule has 5 nitrogen and oxygen atoms in total. The number of hydrogen-bond acceptors (Lipinski definition) is 5. The van der Waals surface area contributed by atoms with Crippen LogP contribution in [0.5, 0.6) is 0 Å².